The summed E-state index contributed by atoms with van der Waals surface area (Å²) in [5.74, 6) is -0.0355. The summed E-state index contributed by atoms with van der Waals surface area (Å²) in [4.78, 5) is 9.34. The molecule has 0 aliphatic carbocycles. The van der Waals surface area contributed by atoms with E-state index in [4.69, 9.17) is 5.73 Å². The zero-order valence-corrected chi connectivity index (χ0v) is 18.9. The Labute approximate surface area is 191 Å². The molecule has 0 spiro atoms. The highest BCUT2D eigenvalue weighted by molar-refractivity contribution is 7.92. The lowest BCUT2D eigenvalue weighted by Gasteiger charge is -2.06. The molecule has 2 heterocycles. The lowest BCUT2D eigenvalue weighted by atomic mass is 10.1. The first kappa shape index (κ1) is 20.8. The lowest BCUT2D eigenvalue weighted by molar-refractivity contribution is 0.597. The monoisotopic (exact) mass is 455 g/mol. The van der Waals surface area contributed by atoms with Crippen molar-refractivity contribution in [3.8, 4) is 0 Å². The van der Waals surface area contributed by atoms with Gasteiger partial charge in [0.05, 0.1) is 22.1 Å². The molecule has 3 aromatic carbocycles. The Balaban J connectivity index is 1.82. The summed E-state index contributed by atoms with van der Waals surface area (Å²) >= 11 is 0. The Morgan fingerprint density at radius 2 is 1.61 bits per heavy atom. The van der Waals surface area contributed by atoms with Gasteiger partial charge >= 0.3 is 0 Å². The maximum atomic E-state index is 13.7. The summed E-state index contributed by atoms with van der Waals surface area (Å²) in [7, 11) is -3.98. The average molecular weight is 456 g/mol. The van der Waals surface area contributed by atoms with Crippen LogP contribution in [0.15, 0.2) is 87.7 Å². The van der Waals surface area contributed by atoms with Crippen LogP contribution in [0.25, 0.3) is 22.2 Å². The van der Waals surface area contributed by atoms with Crippen LogP contribution in [0.5, 0.6) is 0 Å². The van der Waals surface area contributed by atoms with Gasteiger partial charge in [0.15, 0.2) is 5.65 Å². The smallest absolute Gasteiger partial charge is 0.212 e. The molecular weight excluding hydrogens is 434 g/mol. The topological polar surface area (TPSA) is 103 Å². The van der Waals surface area contributed by atoms with E-state index in [0.29, 0.717) is 11.0 Å². The minimum absolute atomic E-state index is 0.0355. The zero-order valence-electron chi connectivity index (χ0n) is 18.1. The number of nitrogens with two attached hydrogens (primary N) is 1. The average Bonchev–Trinajstić information content (AvgIpc) is 3.07. The quantitative estimate of drug-likeness (QED) is 0.402. The molecule has 0 fully saturated rings. The van der Waals surface area contributed by atoms with Gasteiger partial charge in [-0.1, -0.05) is 48.5 Å². The Morgan fingerprint density at radius 3 is 2.33 bits per heavy atom. The number of aromatic nitrogens is 3. The summed E-state index contributed by atoms with van der Waals surface area (Å²) < 4.78 is 28.7. The van der Waals surface area contributed by atoms with Crippen LogP contribution in [-0.2, 0) is 9.84 Å². The third-order valence-electron chi connectivity index (χ3n) is 5.50. The van der Waals surface area contributed by atoms with E-state index in [2.05, 4.69) is 15.1 Å². The number of fused-ring (bicyclic) bond motifs is 2. The molecule has 0 bridgehead atoms. The molecule has 8 heteroatoms. The van der Waals surface area contributed by atoms with Crippen molar-refractivity contribution >= 4 is 44.1 Å². The second kappa shape index (κ2) is 7.83. The van der Waals surface area contributed by atoms with Crippen molar-refractivity contribution in [2.45, 2.75) is 23.6 Å². The van der Waals surface area contributed by atoms with Crippen molar-refractivity contribution in [3.63, 3.8) is 0 Å². The third-order valence-corrected chi connectivity index (χ3v) is 7.31. The van der Waals surface area contributed by atoms with Crippen molar-refractivity contribution in [2.24, 2.45) is 5.10 Å². The first-order chi connectivity index (χ1) is 15.9. The molecule has 164 valence electrons. The molecule has 33 heavy (non-hydrogen) atoms. The maximum Gasteiger partial charge on any atom is 0.212 e. The van der Waals surface area contributed by atoms with Crippen LogP contribution in [0.4, 0.5) is 5.82 Å². The van der Waals surface area contributed by atoms with E-state index in [1.54, 1.807) is 30.5 Å². The predicted octanol–water partition coefficient (Wildman–Crippen LogP) is 4.50. The molecule has 2 aromatic heterocycles. The van der Waals surface area contributed by atoms with E-state index >= 15 is 0 Å². The van der Waals surface area contributed by atoms with Crippen molar-refractivity contribution in [3.05, 3.63) is 89.5 Å². The van der Waals surface area contributed by atoms with Crippen molar-refractivity contribution in [1.29, 1.82) is 0 Å². The SMILES string of the molecule is Cc1cccc(S(=O)(=O)c2c(N)n(/N=C/c3ccccc3C)c3nc4ccccc4nc23)c1. The number of nitrogens with zero attached hydrogens (tertiary/aromatic N) is 4. The van der Waals surface area contributed by atoms with Gasteiger partial charge in [-0.05, 0) is 54.8 Å². The summed E-state index contributed by atoms with van der Waals surface area (Å²) in [6.07, 6.45) is 1.64. The van der Waals surface area contributed by atoms with Gasteiger partial charge in [-0.25, -0.2) is 18.4 Å². The molecule has 0 aliphatic rings. The molecule has 0 aliphatic heterocycles. The summed E-state index contributed by atoms with van der Waals surface area (Å²) in [6, 6.07) is 21.7. The minimum Gasteiger partial charge on any atom is -0.382 e. The number of hydrogen-bond acceptors (Lipinski definition) is 6. The first-order valence-corrected chi connectivity index (χ1v) is 11.8. The van der Waals surface area contributed by atoms with Crippen LogP contribution >= 0.6 is 0 Å². The minimum atomic E-state index is -3.98. The molecule has 0 radical (unpaired) electrons. The molecule has 0 saturated carbocycles. The number of sulfone groups is 1. The fraction of sp³-hybridized carbons (Fsp3) is 0.0800. The summed E-state index contributed by atoms with van der Waals surface area (Å²) in [5, 5.41) is 4.52. The molecule has 5 aromatic rings. The Kier molecular flexibility index (Phi) is 4.94. The van der Waals surface area contributed by atoms with Gasteiger partial charge in [0.2, 0.25) is 9.84 Å². The molecule has 7 nitrogen and oxygen atoms in total. The molecule has 0 atom stereocenters. The van der Waals surface area contributed by atoms with E-state index in [1.165, 1.54) is 4.68 Å². The predicted molar refractivity (Wildman–Crippen MR) is 130 cm³/mol. The number of benzene rings is 3. The van der Waals surface area contributed by atoms with Gasteiger partial charge in [-0.3, -0.25) is 0 Å². The highest BCUT2D eigenvalue weighted by Crippen LogP contribution is 2.35. The Bertz CT molecular complexity index is 1670. The normalized spacial score (nSPS) is 12.2. The van der Waals surface area contributed by atoms with E-state index in [1.807, 2.05) is 62.4 Å². The van der Waals surface area contributed by atoms with Crippen LogP contribution in [-0.4, -0.2) is 29.3 Å². The highest BCUT2D eigenvalue weighted by Gasteiger charge is 2.30. The number of anilines is 1. The molecule has 0 saturated heterocycles. The standard InChI is InChI=1S/C25H21N5O2S/c1-16-8-7-11-19(14-16)33(31,32)23-22-25(29-21-13-6-5-12-20(21)28-22)30(24(23)26)27-15-18-10-4-3-9-17(18)2/h3-15H,26H2,1-2H3/b27-15+. The third kappa shape index (κ3) is 3.54. The second-order valence-corrected chi connectivity index (χ2v) is 9.72. The number of para-hydroxylation sites is 2. The highest BCUT2D eigenvalue weighted by atomic mass is 32.2. The van der Waals surface area contributed by atoms with Crippen LogP contribution in [0.2, 0.25) is 0 Å². The van der Waals surface area contributed by atoms with Crippen LogP contribution in [0, 0.1) is 13.8 Å². The molecule has 5 rings (SSSR count). The fourth-order valence-corrected chi connectivity index (χ4v) is 5.34. The van der Waals surface area contributed by atoms with Crippen molar-refractivity contribution < 1.29 is 8.42 Å². The second-order valence-electron chi connectivity index (χ2n) is 7.83. The first-order valence-electron chi connectivity index (χ1n) is 10.3. The van der Waals surface area contributed by atoms with Crippen LogP contribution in [0.3, 0.4) is 0 Å². The largest absolute Gasteiger partial charge is 0.382 e. The Morgan fingerprint density at radius 1 is 0.909 bits per heavy atom. The zero-order chi connectivity index (χ0) is 23.2. The van der Waals surface area contributed by atoms with Crippen LogP contribution in [0.1, 0.15) is 16.7 Å². The summed E-state index contributed by atoms with van der Waals surface area (Å²) in [5.41, 5.74) is 10.8. The van der Waals surface area contributed by atoms with Gasteiger partial charge in [0.1, 0.15) is 16.2 Å². The number of hydrogen-bond donors (Lipinski definition) is 1. The molecule has 0 amide bonds. The van der Waals surface area contributed by atoms with Gasteiger partial charge in [-0.2, -0.15) is 9.78 Å². The number of nitrogen functional groups attached to an aromatic ring is 1. The molecule has 2 N–H and O–H groups in total. The summed E-state index contributed by atoms with van der Waals surface area (Å²) in [6.45, 7) is 3.81. The number of rotatable bonds is 4. The van der Waals surface area contributed by atoms with E-state index < -0.39 is 9.84 Å². The van der Waals surface area contributed by atoms with Gasteiger partial charge in [-0.15, -0.1) is 0 Å². The van der Waals surface area contributed by atoms with Gasteiger partial charge in [0, 0.05) is 0 Å². The van der Waals surface area contributed by atoms with Crippen molar-refractivity contribution in [2.75, 3.05) is 5.73 Å². The lowest BCUT2D eigenvalue weighted by Crippen LogP contribution is -2.07. The Hall–Kier alpha value is -4.04. The van der Waals surface area contributed by atoms with E-state index in [9.17, 15) is 8.42 Å². The maximum absolute atomic E-state index is 13.7. The van der Waals surface area contributed by atoms with E-state index in [-0.39, 0.29) is 26.8 Å². The number of aryl methyl sites for hydroxylation is 2. The van der Waals surface area contributed by atoms with Gasteiger partial charge < -0.3 is 5.73 Å². The molecule has 0 unspecified atom stereocenters. The van der Waals surface area contributed by atoms with Gasteiger partial charge in [0.25, 0.3) is 0 Å². The van der Waals surface area contributed by atoms with E-state index in [0.717, 1.165) is 16.7 Å². The fourth-order valence-electron chi connectivity index (χ4n) is 3.76. The van der Waals surface area contributed by atoms with Crippen molar-refractivity contribution in [1.82, 2.24) is 14.6 Å². The van der Waals surface area contributed by atoms with Crippen LogP contribution < -0.4 is 5.73 Å². The molecular formula is C25H21N5O2S.